The summed E-state index contributed by atoms with van der Waals surface area (Å²) in [6, 6.07) is 1.52. The molecule has 2 saturated carbocycles. The van der Waals surface area contributed by atoms with Crippen LogP contribution in [0.4, 0.5) is 10.1 Å². The lowest BCUT2D eigenvalue weighted by Gasteiger charge is -2.24. The number of fused-ring (bicyclic) bond motifs is 1. The zero-order valence-electron chi connectivity index (χ0n) is 15.8. The van der Waals surface area contributed by atoms with Gasteiger partial charge in [-0.05, 0) is 67.6 Å². The average molecular weight is 385 g/mol. The third-order valence-electron chi connectivity index (χ3n) is 6.65. The van der Waals surface area contributed by atoms with Crippen molar-refractivity contribution in [2.45, 2.75) is 44.6 Å². The highest BCUT2D eigenvalue weighted by molar-refractivity contribution is 5.89. The zero-order valence-corrected chi connectivity index (χ0v) is 15.8. The number of aromatic carboxylic acids is 1. The van der Waals surface area contributed by atoms with E-state index in [2.05, 4.69) is 0 Å². The third kappa shape index (κ3) is 2.64. The van der Waals surface area contributed by atoms with E-state index < -0.39 is 17.3 Å². The summed E-state index contributed by atoms with van der Waals surface area (Å²) in [6.07, 6.45) is 5.47. The number of nitrogens with two attached hydrogens (primary N) is 1. The summed E-state index contributed by atoms with van der Waals surface area (Å²) in [6.45, 7) is 3.16. The summed E-state index contributed by atoms with van der Waals surface area (Å²) >= 11 is 0. The van der Waals surface area contributed by atoms with Gasteiger partial charge in [-0.15, -0.1) is 0 Å². The summed E-state index contributed by atoms with van der Waals surface area (Å²) in [5.41, 5.74) is 8.03. The van der Waals surface area contributed by atoms with E-state index in [4.69, 9.17) is 5.73 Å². The largest absolute Gasteiger partial charge is 0.477 e. The van der Waals surface area contributed by atoms with E-state index in [1.54, 1.807) is 0 Å². The quantitative estimate of drug-likeness (QED) is 0.844. The van der Waals surface area contributed by atoms with Crippen LogP contribution >= 0.6 is 0 Å². The van der Waals surface area contributed by atoms with Crippen LogP contribution in [-0.4, -0.2) is 34.6 Å². The molecule has 1 aliphatic heterocycles. The van der Waals surface area contributed by atoms with Gasteiger partial charge in [0.2, 0.25) is 0 Å². The van der Waals surface area contributed by atoms with Gasteiger partial charge in [0.1, 0.15) is 5.56 Å². The Kier molecular flexibility index (Phi) is 3.81. The smallest absolute Gasteiger partial charge is 0.341 e. The van der Waals surface area contributed by atoms with Gasteiger partial charge in [0.05, 0.1) is 17.4 Å². The first-order chi connectivity index (χ1) is 13.4. The Labute approximate surface area is 161 Å². The second kappa shape index (κ2) is 6.04. The second-order valence-electron chi connectivity index (χ2n) is 8.64. The van der Waals surface area contributed by atoms with Crippen LogP contribution in [0.25, 0.3) is 5.52 Å². The van der Waals surface area contributed by atoms with Crippen LogP contribution in [0.5, 0.6) is 0 Å². The molecule has 3 N–H and O–H groups in total. The van der Waals surface area contributed by atoms with E-state index in [9.17, 15) is 14.7 Å². The fourth-order valence-electron chi connectivity index (χ4n) is 4.95. The van der Waals surface area contributed by atoms with Crippen molar-refractivity contribution in [3.63, 3.8) is 0 Å². The number of carbonyl (C=O) groups is 1. The van der Waals surface area contributed by atoms with Crippen molar-refractivity contribution in [2.24, 2.45) is 17.6 Å². The van der Waals surface area contributed by atoms with Gasteiger partial charge in [-0.25, -0.2) is 9.18 Å². The highest BCUT2D eigenvalue weighted by atomic mass is 19.1. The SMILES string of the molecule is Cc1c(N2C[C@@H](N)[C@H](C3CC3)C2)c(F)cn2c(=O)c(C(=O)O)cc(C3CC3)c12. The topological polar surface area (TPSA) is 88.0 Å². The summed E-state index contributed by atoms with van der Waals surface area (Å²) < 4.78 is 16.4. The predicted molar refractivity (Wildman–Crippen MR) is 104 cm³/mol. The van der Waals surface area contributed by atoms with Crippen molar-refractivity contribution in [1.82, 2.24) is 4.40 Å². The molecule has 7 heteroatoms. The van der Waals surface area contributed by atoms with Crippen molar-refractivity contribution in [3.8, 4) is 0 Å². The first kappa shape index (κ1) is 17.7. The van der Waals surface area contributed by atoms with E-state index in [0.717, 1.165) is 31.1 Å². The molecule has 2 aliphatic carbocycles. The molecule has 3 heterocycles. The minimum Gasteiger partial charge on any atom is -0.477 e. The molecule has 3 fully saturated rings. The van der Waals surface area contributed by atoms with Gasteiger partial charge < -0.3 is 15.7 Å². The summed E-state index contributed by atoms with van der Waals surface area (Å²) in [4.78, 5) is 26.2. The molecule has 0 bridgehead atoms. The van der Waals surface area contributed by atoms with Gasteiger partial charge in [-0.2, -0.15) is 0 Å². The molecular weight excluding hydrogens is 361 g/mol. The Morgan fingerprint density at radius 1 is 1.25 bits per heavy atom. The number of anilines is 1. The van der Waals surface area contributed by atoms with Crippen LogP contribution in [0.2, 0.25) is 0 Å². The van der Waals surface area contributed by atoms with Crippen LogP contribution < -0.4 is 16.2 Å². The Hall–Kier alpha value is -2.41. The molecule has 1 saturated heterocycles. The molecule has 5 rings (SSSR count). The average Bonchev–Trinajstić information content (AvgIpc) is 3.54. The van der Waals surface area contributed by atoms with Crippen LogP contribution in [-0.2, 0) is 0 Å². The normalized spacial score (nSPS) is 24.9. The van der Waals surface area contributed by atoms with Crippen LogP contribution in [0, 0.1) is 24.6 Å². The van der Waals surface area contributed by atoms with E-state index in [0.29, 0.717) is 35.1 Å². The molecule has 0 spiro atoms. The Morgan fingerprint density at radius 3 is 2.57 bits per heavy atom. The molecule has 0 radical (unpaired) electrons. The van der Waals surface area contributed by atoms with Crippen molar-refractivity contribution in [3.05, 3.63) is 45.1 Å². The number of rotatable bonds is 4. The van der Waals surface area contributed by atoms with Gasteiger partial charge >= 0.3 is 5.97 Å². The fourth-order valence-corrected chi connectivity index (χ4v) is 4.95. The molecule has 0 unspecified atom stereocenters. The molecule has 0 aromatic carbocycles. The molecular formula is C21H24FN3O3. The first-order valence-electron chi connectivity index (χ1n) is 9.99. The monoisotopic (exact) mass is 385 g/mol. The molecule has 2 aromatic rings. The van der Waals surface area contributed by atoms with E-state index >= 15 is 4.39 Å². The minimum atomic E-state index is -1.28. The Morgan fingerprint density at radius 2 is 1.96 bits per heavy atom. The fraction of sp³-hybridized carbons (Fsp3) is 0.524. The second-order valence-corrected chi connectivity index (χ2v) is 8.64. The van der Waals surface area contributed by atoms with E-state index in [1.807, 2.05) is 11.8 Å². The predicted octanol–water partition coefficient (Wildman–Crippen LogP) is 2.50. The molecule has 2 atom stereocenters. The number of carboxylic acids is 1. The lowest BCUT2D eigenvalue weighted by atomic mass is 9.99. The van der Waals surface area contributed by atoms with E-state index in [1.165, 1.54) is 23.3 Å². The van der Waals surface area contributed by atoms with Crippen LogP contribution in [0.3, 0.4) is 0 Å². The van der Waals surface area contributed by atoms with Gasteiger partial charge in [-0.1, -0.05) is 0 Å². The molecule has 6 nitrogen and oxygen atoms in total. The summed E-state index contributed by atoms with van der Waals surface area (Å²) in [5, 5.41) is 9.40. The lowest BCUT2D eigenvalue weighted by Crippen LogP contribution is -2.31. The maximum absolute atomic E-state index is 15.2. The molecule has 28 heavy (non-hydrogen) atoms. The number of aromatic nitrogens is 1. The number of hydrogen-bond donors (Lipinski definition) is 2. The highest BCUT2D eigenvalue weighted by Gasteiger charge is 2.42. The number of carboxylic acid groups (broad SMARTS) is 1. The standard InChI is InChI=1S/C21H24FN3O3/c1-10-18-13(11-2-3-11)6-14(21(27)28)20(26)25(18)8-16(22)19(10)24-7-15(12-4-5-12)17(23)9-24/h6,8,11-12,15,17H,2-5,7,9,23H2,1H3,(H,27,28)/t15-,17+/m0/s1. The van der Waals surface area contributed by atoms with Gasteiger partial charge in [0.15, 0.2) is 5.82 Å². The van der Waals surface area contributed by atoms with E-state index in [-0.39, 0.29) is 17.5 Å². The minimum absolute atomic E-state index is 0.0296. The maximum Gasteiger partial charge on any atom is 0.341 e. The molecule has 2 aromatic heterocycles. The van der Waals surface area contributed by atoms with Crippen molar-refractivity contribution < 1.29 is 14.3 Å². The van der Waals surface area contributed by atoms with Crippen molar-refractivity contribution in [1.29, 1.82) is 0 Å². The number of pyridine rings is 2. The number of hydrogen-bond acceptors (Lipinski definition) is 4. The van der Waals surface area contributed by atoms with Crippen LogP contribution in [0.15, 0.2) is 17.1 Å². The molecule has 148 valence electrons. The van der Waals surface area contributed by atoms with Gasteiger partial charge in [-0.3, -0.25) is 9.20 Å². The summed E-state index contributed by atoms with van der Waals surface area (Å²) in [5.74, 6) is -0.520. The van der Waals surface area contributed by atoms with Gasteiger partial charge in [0, 0.05) is 19.1 Å². The number of aryl methyl sites for hydroxylation is 1. The first-order valence-corrected chi connectivity index (χ1v) is 9.99. The number of halogens is 1. The molecule has 0 amide bonds. The van der Waals surface area contributed by atoms with Crippen molar-refractivity contribution in [2.75, 3.05) is 18.0 Å². The highest BCUT2D eigenvalue weighted by Crippen LogP contribution is 2.45. The Balaban J connectivity index is 1.70. The lowest BCUT2D eigenvalue weighted by molar-refractivity contribution is 0.0694. The van der Waals surface area contributed by atoms with Crippen molar-refractivity contribution >= 4 is 17.2 Å². The third-order valence-corrected chi connectivity index (χ3v) is 6.65. The van der Waals surface area contributed by atoms with Gasteiger partial charge in [0.25, 0.3) is 5.56 Å². The summed E-state index contributed by atoms with van der Waals surface area (Å²) in [7, 11) is 0. The van der Waals surface area contributed by atoms with Crippen LogP contribution in [0.1, 0.15) is 53.1 Å². The zero-order chi connectivity index (χ0) is 19.7. The maximum atomic E-state index is 15.2. The number of nitrogens with zero attached hydrogens (tertiary/aromatic N) is 2. The molecule has 3 aliphatic rings. The Bertz CT molecular complexity index is 1060.